The van der Waals surface area contributed by atoms with E-state index in [9.17, 15) is 9.59 Å². The Labute approximate surface area is 93.5 Å². The number of dihydropyridines is 1. The lowest BCUT2D eigenvalue weighted by molar-refractivity contribution is -0.133. The molecule has 16 heavy (non-hydrogen) atoms. The number of carboxylic acid groups (broad SMARTS) is 2. The van der Waals surface area contributed by atoms with Crippen LogP contribution in [0.5, 0.6) is 0 Å². The Morgan fingerprint density at radius 1 is 1.06 bits per heavy atom. The third-order valence-electron chi connectivity index (χ3n) is 2.61. The van der Waals surface area contributed by atoms with Crippen LogP contribution in [0.1, 0.15) is 33.1 Å². The Hall–Kier alpha value is -1.78. The maximum atomic E-state index is 11.0. The maximum Gasteiger partial charge on any atom is 0.333 e. The van der Waals surface area contributed by atoms with E-state index in [-0.39, 0.29) is 17.6 Å². The van der Waals surface area contributed by atoms with Crippen molar-refractivity contribution in [3.63, 3.8) is 0 Å². The predicted octanol–water partition coefficient (Wildman–Crippen LogP) is 1.48. The van der Waals surface area contributed by atoms with Gasteiger partial charge in [0.25, 0.3) is 0 Å². The van der Waals surface area contributed by atoms with E-state index in [2.05, 4.69) is 5.32 Å². The van der Waals surface area contributed by atoms with Gasteiger partial charge >= 0.3 is 11.9 Å². The lowest BCUT2D eigenvalue weighted by Crippen LogP contribution is -2.26. The molecule has 88 valence electrons. The number of carboxylic acids is 2. The fraction of sp³-hybridized carbons (Fsp3) is 0.455. The van der Waals surface area contributed by atoms with E-state index in [4.69, 9.17) is 10.2 Å². The molecule has 0 aromatic rings. The van der Waals surface area contributed by atoms with E-state index < -0.39 is 11.9 Å². The van der Waals surface area contributed by atoms with E-state index in [0.717, 1.165) is 0 Å². The van der Waals surface area contributed by atoms with Crippen LogP contribution in [0, 0.1) is 0 Å². The van der Waals surface area contributed by atoms with Crippen molar-refractivity contribution in [3.8, 4) is 0 Å². The van der Waals surface area contributed by atoms with Gasteiger partial charge in [0, 0.05) is 17.8 Å². The first-order valence-electron chi connectivity index (χ1n) is 5.18. The van der Waals surface area contributed by atoms with Crippen molar-refractivity contribution in [2.24, 2.45) is 0 Å². The molecule has 5 nitrogen and oxygen atoms in total. The van der Waals surface area contributed by atoms with Crippen LogP contribution in [0.2, 0.25) is 0 Å². The first-order chi connectivity index (χ1) is 7.51. The second kappa shape index (κ2) is 4.83. The smallest absolute Gasteiger partial charge is 0.333 e. The van der Waals surface area contributed by atoms with Crippen molar-refractivity contribution < 1.29 is 19.8 Å². The molecule has 1 rings (SSSR count). The van der Waals surface area contributed by atoms with Crippen molar-refractivity contribution in [2.75, 3.05) is 0 Å². The lowest BCUT2D eigenvalue weighted by atomic mass is 9.95. The SMILES string of the molecule is CCC1=C(C(=O)O)CC(C(=O)O)=C(CC)N1. The van der Waals surface area contributed by atoms with Gasteiger partial charge in [0.15, 0.2) is 0 Å². The number of rotatable bonds is 4. The normalized spacial score (nSPS) is 16.1. The van der Waals surface area contributed by atoms with E-state index in [1.54, 1.807) is 0 Å². The Kier molecular flexibility index (Phi) is 3.71. The number of nitrogens with one attached hydrogen (secondary N) is 1. The molecule has 0 bridgehead atoms. The Morgan fingerprint density at radius 3 is 1.69 bits per heavy atom. The zero-order valence-electron chi connectivity index (χ0n) is 9.33. The van der Waals surface area contributed by atoms with Gasteiger partial charge in [0.1, 0.15) is 0 Å². The predicted molar refractivity (Wildman–Crippen MR) is 57.7 cm³/mol. The summed E-state index contributed by atoms with van der Waals surface area (Å²) in [6, 6.07) is 0. The summed E-state index contributed by atoms with van der Waals surface area (Å²) in [5, 5.41) is 20.9. The second-order valence-corrected chi connectivity index (χ2v) is 3.53. The molecule has 0 fully saturated rings. The molecule has 0 saturated carbocycles. The Bertz CT molecular complexity index is 357. The molecule has 0 aromatic heterocycles. The lowest BCUT2D eigenvalue weighted by Gasteiger charge is -2.23. The van der Waals surface area contributed by atoms with Gasteiger partial charge in [0.05, 0.1) is 11.1 Å². The Balaban J connectivity index is 3.11. The van der Waals surface area contributed by atoms with Crippen molar-refractivity contribution in [2.45, 2.75) is 33.1 Å². The summed E-state index contributed by atoms with van der Waals surface area (Å²) in [7, 11) is 0. The molecular weight excluding hydrogens is 210 g/mol. The van der Waals surface area contributed by atoms with Gasteiger partial charge in [-0.05, 0) is 12.8 Å². The minimum Gasteiger partial charge on any atom is -0.478 e. The summed E-state index contributed by atoms with van der Waals surface area (Å²) in [4.78, 5) is 21.9. The topological polar surface area (TPSA) is 86.6 Å². The molecular formula is C11H15NO4. The molecule has 1 aliphatic heterocycles. The minimum atomic E-state index is -1.06. The zero-order chi connectivity index (χ0) is 12.3. The summed E-state index contributed by atoms with van der Waals surface area (Å²) >= 11 is 0. The molecule has 0 amide bonds. The fourth-order valence-corrected chi connectivity index (χ4v) is 1.74. The van der Waals surface area contributed by atoms with Gasteiger partial charge in [-0.1, -0.05) is 13.8 Å². The number of aliphatic carboxylic acids is 2. The summed E-state index contributed by atoms with van der Waals surface area (Å²) in [5.41, 5.74) is 1.51. The van der Waals surface area contributed by atoms with Crippen LogP contribution in [0.3, 0.4) is 0 Å². The zero-order valence-corrected chi connectivity index (χ0v) is 9.33. The van der Waals surface area contributed by atoms with Crippen LogP contribution in [-0.4, -0.2) is 22.2 Å². The van der Waals surface area contributed by atoms with E-state index >= 15 is 0 Å². The van der Waals surface area contributed by atoms with Crippen molar-refractivity contribution in [1.82, 2.24) is 5.32 Å². The van der Waals surface area contributed by atoms with Crippen LogP contribution in [0.25, 0.3) is 0 Å². The molecule has 3 N–H and O–H groups in total. The molecule has 0 spiro atoms. The molecule has 5 heteroatoms. The number of allylic oxidation sites excluding steroid dienone is 2. The summed E-state index contributed by atoms with van der Waals surface area (Å²) < 4.78 is 0. The minimum absolute atomic E-state index is 0.00991. The van der Waals surface area contributed by atoms with Gasteiger partial charge in [-0.2, -0.15) is 0 Å². The number of hydrogen-bond donors (Lipinski definition) is 3. The fourth-order valence-electron chi connectivity index (χ4n) is 1.74. The van der Waals surface area contributed by atoms with Crippen molar-refractivity contribution >= 4 is 11.9 Å². The first kappa shape index (κ1) is 12.3. The summed E-state index contributed by atoms with van der Waals surface area (Å²) in [6.45, 7) is 3.68. The average Bonchev–Trinajstić information content (AvgIpc) is 2.26. The second-order valence-electron chi connectivity index (χ2n) is 3.53. The maximum absolute atomic E-state index is 11.0. The number of hydrogen-bond acceptors (Lipinski definition) is 3. The molecule has 0 radical (unpaired) electrons. The van der Waals surface area contributed by atoms with E-state index in [1.807, 2.05) is 13.8 Å². The molecule has 1 aliphatic rings. The quantitative estimate of drug-likeness (QED) is 0.674. The van der Waals surface area contributed by atoms with Gasteiger partial charge in [-0.3, -0.25) is 0 Å². The molecule has 0 unspecified atom stereocenters. The van der Waals surface area contributed by atoms with Gasteiger partial charge in [-0.25, -0.2) is 9.59 Å². The molecule has 0 saturated heterocycles. The monoisotopic (exact) mass is 225 g/mol. The van der Waals surface area contributed by atoms with Gasteiger partial charge < -0.3 is 15.5 Å². The molecule has 0 aliphatic carbocycles. The van der Waals surface area contributed by atoms with Crippen LogP contribution in [0.15, 0.2) is 22.5 Å². The Morgan fingerprint density at radius 2 is 1.44 bits per heavy atom. The van der Waals surface area contributed by atoms with E-state index in [0.29, 0.717) is 24.2 Å². The highest BCUT2D eigenvalue weighted by Crippen LogP contribution is 2.26. The standard InChI is InChI=1S/C11H15NO4/c1-3-8-6(10(13)14)5-7(11(15)16)9(4-2)12-8/h12H,3-5H2,1-2H3,(H,13,14)(H,15,16). The highest BCUT2D eigenvalue weighted by Gasteiger charge is 2.26. The third-order valence-corrected chi connectivity index (χ3v) is 2.61. The largest absolute Gasteiger partial charge is 0.478 e. The van der Waals surface area contributed by atoms with Crippen LogP contribution >= 0.6 is 0 Å². The average molecular weight is 225 g/mol. The van der Waals surface area contributed by atoms with Crippen molar-refractivity contribution in [3.05, 3.63) is 22.5 Å². The first-order valence-corrected chi connectivity index (χ1v) is 5.18. The summed E-state index contributed by atoms with van der Waals surface area (Å²) in [6.07, 6.45) is 1.10. The molecule has 1 heterocycles. The van der Waals surface area contributed by atoms with E-state index in [1.165, 1.54) is 0 Å². The number of carbonyl (C=O) groups is 2. The highest BCUT2D eigenvalue weighted by atomic mass is 16.4. The summed E-state index contributed by atoms with van der Waals surface area (Å²) in [5.74, 6) is -2.11. The van der Waals surface area contributed by atoms with Gasteiger partial charge in [-0.15, -0.1) is 0 Å². The van der Waals surface area contributed by atoms with Crippen LogP contribution < -0.4 is 5.32 Å². The third kappa shape index (κ3) is 2.24. The van der Waals surface area contributed by atoms with Crippen LogP contribution in [-0.2, 0) is 9.59 Å². The van der Waals surface area contributed by atoms with Crippen molar-refractivity contribution in [1.29, 1.82) is 0 Å². The van der Waals surface area contributed by atoms with Gasteiger partial charge in [0.2, 0.25) is 0 Å². The molecule has 0 aromatic carbocycles. The molecule has 0 atom stereocenters. The van der Waals surface area contributed by atoms with Crippen LogP contribution in [0.4, 0.5) is 0 Å². The highest BCUT2D eigenvalue weighted by molar-refractivity contribution is 5.95.